The van der Waals surface area contributed by atoms with Crippen molar-refractivity contribution >= 4 is 0 Å². The summed E-state index contributed by atoms with van der Waals surface area (Å²) in [5.74, 6) is 1.33. The van der Waals surface area contributed by atoms with Crippen molar-refractivity contribution in [1.29, 1.82) is 0 Å². The fraction of sp³-hybridized carbons (Fsp3) is 0.636. The van der Waals surface area contributed by atoms with Gasteiger partial charge in [-0.3, -0.25) is 0 Å². The number of phenols is 1. The molecule has 0 aliphatic heterocycles. The molecule has 3 N–H and O–H groups in total. The van der Waals surface area contributed by atoms with Crippen molar-refractivity contribution in [2.45, 2.75) is 78.2 Å². The van der Waals surface area contributed by atoms with Crippen LogP contribution >= 0.6 is 0 Å². The quantitative estimate of drug-likeness (QED) is 0.744. The summed E-state index contributed by atoms with van der Waals surface area (Å²) in [5, 5.41) is 10.2. The smallest absolute Gasteiger partial charge is 0.119 e. The van der Waals surface area contributed by atoms with E-state index in [1.807, 2.05) is 6.07 Å². The van der Waals surface area contributed by atoms with Crippen LogP contribution in [0.2, 0.25) is 0 Å². The Morgan fingerprint density at radius 2 is 2.08 bits per heavy atom. The van der Waals surface area contributed by atoms with E-state index < -0.39 is 0 Å². The molecule has 1 saturated carbocycles. The maximum Gasteiger partial charge on any atom is 0.119 e. The lowest BCUT2D eigenvalue weighted by atomic mass is 9.50. The van der Waals surface area contributed by atoms with E-state index in [2.05, 4.69) is 46.8 Å². The van der Waals surface area contributed by atoms with Crippen LogP contribution < -0.4 is 5.73 Å². The minimum atomic E-state index is -0.147. The summed E-state index contributed by atoms with van der Waals surface area (Å²) < 4.78 is 0. The number of benzene rings is 1. The maximum atomic E-state index is 10.2. The van der Waals surface area contributed by atoms with E-state index in [1.165, 1.54) is 23.1 Å². The van der Waals surface area contributed by atoms with Crippen molar-refractivity contribution in [1.82, 2.24) is 0 Å². The highest BCUT2D eigenvalue weighted by molar-refractivity contribution is 5.47. The minimum absolute atomic E-state index is 0.147. The van der Waals surface area contributed by atoms with Gasteiger partial charge < -0.3 is 10.8 Å². The molecule has 132 valence electrons. The first-order chi connectivity index (χ1) is 11.3. The maximum absolute atomic E-state index is 10.2. The molecule has 2 heteroatoms. The molecule has 2 aliphatic carbocycles. The van der Waals surface area contributed by atoms with Gasteiger partial charge in [-0.1, -0.05) is 38.5 Å². The van der Waals surface area contributed by atoms with Crippen molar-refractivity contribution in [2.24, 2.45) is 17.1 Å². The van der Waals surface area contributed by atoms with Gasteiger partial charge in [-0.15, -0.1) is 0 Å². The fourth-order valence-corrected chi connectivity index (χ4v) is 5.40. The Morgan fingerprint density at radius 3 is 2.71 bits per heavy atom. The largest absolute Gasteiger partial charge is 0.508 e. The average molecular weight is 328 g/mol. The van der Waals surface area contributed by atoms with Gasteiger partial charge >= 0.3 is 0 Å². The number of phenolic OH excluding ortho intramolecular Hbond substituents is 1. The Bertz CT molecular complexity index is 677. The summed E-state index contributed by atoms with van der Waals surface area (Å²) in [6.07, 6.45) is 7.47. The number of hydrogen-bond donors (Lipinski definition) is 2. The second kappa shape index (κ2) is 5.91. The Morgan fingerprint density at radius 1 is 1.38 bits per heavy atom. The molecule has 3 rings (SSSR count). The molecule has 0 bridgehead atoms. The zero-order chi connectivity index (χ0) is 17.7. The van der Waals surface area contributed by atoms with Gasteiger partial charge in [-0.05, 0) is 80.0 Å². The summed E-state index contributed by atoms with van der Waals surface area (Å²) in [6, 6.07) is 4.25. The highest BCUT2D eigenvalue weighted by atomic mass is 16.3. The molecule has 1 aromatic rings. The van der Waals surface area contributed by atoms with Crippen LogP contribution in [0, 0.1) is 11.3 Å². The lowest BCUT2D eigenvalue weighted by Crippen LogP contribution is -2.61. The molecule has 0 spiro atoms. The van der Waals surface area contributed by atoms with Crippen LogP contribution in [0.25, 0.3) is 0 Å². The topological polar surface area (TPSA) is 46.2 Å². The van der Waals surface area contributed by atoms with Gasteiger partial charge in [0.1, 0.15) is 5.75 Å². The Hall–Kier alpha value is -1.28. The molecule has 1 aromatic carbocycles. The molecule has 4 atom stereocenters. The molecule has 2 aliphatic rings. The first-order valence-electron chi connectivity index (χ1n) is 9.54. The summed E-state index contributed by atoms with van der Waals surface area (Å²) in [6.45, 7) is 11.3. The van der Waals surface area contributed by atoms with Gasteiger partial charge in [0.15, 0.2) is 0 Å². The average Bonchev–Trinajstić information content (AvgIpc) is 2.58. The first-order valence-corrected chi connectivity index (χ1v) is 9.54. The number of rotatable bonds is 2. The molecule has 0 heterocycles. The van der Waals surface area contributed by atoms with Gasteiger partial charge in [-0.2, -0.15) is 0 Å². The monoisotopic (exact) mass is 327 g/mol. The third-order valence-corrected chi connectivity index (χ3v) is 7.62. The van der Waals surface area contributed by atoms with Crippen LogP contribution in [0.1, 0.15) is 76.5 Å². The predicted molar refractivity (Wildman–Crippen MR) is 101 cm³/mol. The lowest BCUT2D eigenvalue weighted by Gasteiger charge is -2.57. The molecule has 24 heavy (non-hydrogen) atoms. The lowest BCUT2D eigenvalue weighted by molar-refractivity contribution is 0.0458. The van der Waals surface area contributed by atoms with E-state index >= 15 is 0 Å². The summed E-state index contributed by atoms with van der Waals surface area (Å²) in [4.78, 5) is 0. The molecule has 2 nitrogen and oxygen atoms in total. The first kappa shape index (κ1) is 17.5. The third kappa shape index (κ3) is 2.34. The number of allylic oxidation sites excluding steroid dienone is 2. The zero-order valence-corrected chi connectivity index (χ0v) is 15.9. The van der Waals surface area contributed by atoms with Crippen LogP contribution in [0.15, 0.2) is 23.8 Å². The predicted octanol–water partition coefficient (Wildman–Crippen LogP) is 5.08. The zero-order valence-electron chi connectivity index (χ0n) is 15.9. The van der Waals surface area contributed by atoms with Gasteiger partial charge in [0.25, 0.3) is 0 Å². The molecule has 0 saturated heterocycles. The summed E-state index contributed by atoms with van der Waals surface area (Å²) >= 11 is 0. The molecular weight excluding hydrogens is 294 g/mol. The number of aryl methyl sites for hydroxylation is 2. The minimum Gasteiger partial charge on any atom is -0.508 e. The highest BCUT2D eigenvalue weighted by Gasteiger charge is 2.54. The normalized spacial score (nSPS) is 36.2. The van der Waals surface area contributed by atoms with Gasteiger partial charge in [0, 0.05) is 11.5 Å². The second-order valence-electron chi connectivity index (χ2n) is 8.35. The molecule has 0 amide bonds. The van der Waals surface area contributed by atoms with Crippen molar-refractivity contribution in [2.75, 3.05) is 0 Å². The van der Waals surface area contributed by atoms with Crippen molar-refractivity contribution in [3.63, 3.8) is 0 Å². The standard InChI is InChI=1S/C22H33NO/c1-6-14(3)21(5)10-9-19-18-12-16(7-2)20(24)13-17(18)8-11-22(19,23)15(21)4/h6,12-13,15,19,24H,7-11,23H2,1-5H3/b14-6+. The molecular formula is C22H33NO. The van der Waals surface area contributed by atoms with Crippen LogP contribution in [0.4, 0.5) is 0 Å². The molecule has 0 radical (unpaired) electrons. The van der Waals surface area contributed by atoms with E-state index in [0.29, 0.717) is 17.6 Å². The number of aromatic hydroxyl groups is 1. The van der Waals surface area contributed by atoms with E-state index in [-0.39, 0.29) is 11.0 Å². The fourth-order valence-electron chi connectivity index (χ4n) is 5.40. The molecule has 1 fully saturated rings. The highest BCUT2D eigenvalue weighted by Crippen LogP contribution is 2.58. The SMILES string of the molecule is C/C=C(\C)C1(C)CCC2c3cc(CC)c(O)cc3CCC2(N)C1C. The third-order valence-electron chi connectivity index (χ3n) is 7.62. The second-order valence-corrected chi connectivity index (χ2v) is 8.35. The van der Waals surface area contributed by atoms with Crippen LogP contribution in [-0.4, -0.2) is 10.6 Å². The van der Waals surface area contributed by atoms with Gasteiger partial charge in [0.2, 0.25) is 0 Å². The van der Waals surface area contributed by atoms with Crippen molar-refractivity contribution in [3.8, 4) is 5.75 Å². The summed E-state index contributed by atoms with van der Waals surface area (Å²) in [5.41, 5.74) is 12.4. The van der Waals surface area contributed by atoms with E-state index in [1.54, 1.807) is 0 Å². The Kier molecular flexibility index (Phi) is 4.32. The Labute approximate surface area is 147 Å². The summed E-state index contributed by atoms with van der Waals surface area (Å²) in [7, 11) is 0. The van der Waals surface area contributed by atoms with E-state index in [0.717, 1.165) is 31.2 Å². The Balaban J connectivity index is 2.06. The van der Waals surface area contributed by atoms with Crippen molar-refractivity contribution in [3.05, 3.63) is 40.5 Å². The molecule has 0 aromatic heterocycles. The van der Waals surface area contributed by atoms with Crippen LogP contribution in [0.3, 0.4) is 0 Å². The number of fused-ring (bicyclic) bond motifs is 3. The van der Waals surface area contributed by atoms with Crippen molar-refractivity contribution < 1.29 is 5.11 Å². The van der Waals surface area contributed by atoms with Gasteiger partial charge in [0.05, 0.1) is 0 Å². The molecule has 4 unspecified atom stereocenters. The van der Waals surface area contributed by atoms with E-state index in [9.17, 15) is 5.11 Å². The number of nitrogens with two attached hydrogens (primary N) is 1. The number of hydrogen-bond acceptors (Lipinski definition) is 2. The van der Waals surface area contributed by atoms with Crippen LogP contribution in [-0.2, 0) is 12.8 Å². The van der Waals surface area contributed by atoms with Crippen LogP contribution in [0.5, 0.6) is 5.75 Å². The van der Waals surface area contributed by atoms with E-state index in [4.69, 9.17) is 5.73 Å². The van der Waals surface area contributed by atoms with Gasteiger partial charge in [-0.25, -0.2) is 0 Å².